The van der Waals surface area contributed by atoms with E-state index in [0.29, 0.717) is 5.92 Å². The number of H-pyrrole nitrogens is 1. The molecule has 0 spiro atoms. The summed E-state index contributed by atoms with van der Waals surface area (Å²) in [5.41, 5.74) is 7.77. The Morgan fingerprint density at radius 1 is 1.62 bits per heavy atom. The summed E-state index contributed by atoms with van der Waals surface area (Å²) in [4.78, 5) is 13.8. The number of nitrogens with one attached hydrogen (secondary N) is 1. The van der Waals surface area contributed by atoms with E-state index in [2.05, 4.69) is 4.98 Å². The Hall–Kier alpha value is -1.09. The number of pyridine rings is 1. The Balaban J connectivity index is 2.29. The lowest BCUT2D eigenvalue weighted by atomic mass is 10.0. The van der Waals surface area contributed by atoms with Crippen LogP contribution in [0.2, 0.25) is 0 Å². The van der Waals surface area contributed by atoms with Crippen LogP contribution in [0.5, 0.6) is 0 Å². The number of hydrogen-bond donors (Lipinski definition) is 2. The topological polar surface area (TPSA) is 58.9 Å². The molecule has 1 aromatic heterocycles. The van der Waals surface area contributed by atoms with Crippen LogP contribution in [0, 0.1) is 12.8 Å². The van der Waals surface area contributed by atoms with Crippen molar-refractivity contribution in [3.05, 3.63) is 33.7 Å². The molecule has 1 heterocycles. The van der Waals surface area contributed by atoms with Gasteiger partial charge in [0.15, 0.2) is 0 Å². The fourth-order valence-electron chi connectivity index (χ4n) is 1.54. The summed E-state index contributed by atoms with van der Waals surface area (Å²) in [5.74, 6) is 0.630. The fraction of sp³-hybridized carbons (Fsp3) is 0.500. The van der Waals surface area contributed by atoms with Crippen molar-refractivity contribution in [3.8, 4) is 0 Å². The van der Waals surface area contributed by atoms with Crippen LogP contribution < -0.4 is 11.3 Å². The summed E-state index contributed by atoms with van der Waals surface area (Å²) in [6, 6.07) is 2.00. The van der Waals surface area contributed by atoms with Crippen LogP contribution in [0.1, 0.15) is 30.0 Å². The molecule has 0 radical (unpaired) electrons. The molecule has 2 rings (SSSR count). The summed E-state index contributed by atoms with van der Waals surface area (Å²) in [7, 11) is 0. The summed E-state index contributed by atoms with van der Waals surface area (Å²) in [5, 5.41) is 0. The van der Waals surface area contributed by atoms with Gasteiger partial charge in [0.1, 0.15) is 0 Å². The van der Waals surface area contributed by atoms with Gasteiger partial charge in [-0.15, -0.1) is 0 Å². The number of aromatic amines is 1. The van der Waals surface area contributed by atoms with Crippen molar-refractivity contribution >= 4 is 0 Å². The van der Waals surface area contributed by atoms with Crippen LogP contribution in [-0.4, -0.2) is 4.98 Å². The summed E-state index contributed by atoms with van der Waals surface area (Å²) in [6.45, 7) is 1.81. The molecule has 0 unspecified atom stereocenters. The smallest absolute Gasteiger partial charge is 0.250 e. The predicted octanol–water partition coefficient (Wildman–Crippen LogP) is 1.09. The molecule has 1 saturated carbocycles. The van der Waals surface area contributed by atoms with Crippen molar-refractivity contribution in [2.45, 2.75) is 25.8 Å². The molecule has 13 heavy (non-hydrogen) atoms. The second kappa shape index (κ2) is 3.00. The molecule has 1 aromatic rings. The molecular formula is C10H14N2O. The molecule has 70 valence electrons. The van der Waals surface area contributed by atoms with Gasteiger partial charge in [0.25, 0.3) is 5.56 Å². The third-order valence-corrected chi connectivity index (χ3v) is 2.63. The van der Waals surface area contributed by atoms with Crippen molar-refractivity contribution in [2.24, 2.45) is 11.7 Å². The van der Waals surface area contributed by atoms with Crippen LogP contribution in [0.25, 0.3) is 0 Å². The second-order valence-corrected chi connectivity index (χ2v) is 3.81. The number of rotatable bonds is 2. The molecule has 3 heteroatoms. The molecule has 3 N–H and O–H groups in total. The van der Waals surface area contributed by atoms with Crippen LogP contribution in [0.15, 0.2) is 17.1 Å². The first-order valence-corrected chi connectivity index (χ1v) is 4.63. The van der Waals surface area contributed by atoms with Crippen molar-refractivity contribution in [1.29, 1.82) is 0 Å². The first-order valence-electron chi connectivity index (χ1n) is 4.63. The van der Waals surface area contributed by atoms with Crippen LogP contribution >= 0.6 is 0 Å². The highest BCUT2D eigenvalue weighted by atomic mass is 16.1. The Morgan fingerprint density at radius 3 is 2.85 bits per heavy atom. The van der Waals surface area contributed by atoms with Gasteiger partial charge < -0.3 is 10.7 Å². The fourth-order valence-corrected chi connectivity index (χ4v) is 1.54. The van der Waals surface area contributed by atoms with E-state index >= 15 is 0 Å². The van der Waals surface area contributed by atoms with E-state index in [1.807, 2.05) is 13.0 Å². The summed E-state index contributed by atoms with van der Waals surface area (Å²) >= 11 is 0. The van der Waals surface area contributed by atoms with Gasteiger partial charge in [-0.1, -0.05) is 0 Å². The van der Waals surface area contributed by atoms with Gasteiger partial charge in [0.2, 0.25) is 0 Å². The van der Waals surface area contributed by atoms with Gasteiger partial charge in [0.05, 0.1) is 0 Å². The van der Waals surface area contributed by atoms with Gasteiger partial charge in [-0.05, 0) is 37.3 Å². The number of aryl methyl sites for hydroxylation is 1. The van der Waals surface area contributed by atoms with Crippen molar-refractivity contribution < 1.29 is 0 Å². The van der Waals surface area contributed by atoms with E-state index in [1.54, 1.807) is 6.20 Å². The highest BCUT2D eigenvalue weighted by Crippen LogP contribution is 2.39. The lowest BCUT2D eigenvalue weighted by Crippen LogP contribution is -2.16. The molecule has 1 atom stereocenters. The monoisotopic (exact) mass is 178 g/mol. The Kier molecular flexibility index (Phi) is 1.96. The van der Waals surface area contributed by atoms with E-state index in [-0.39, 0.29) is 11.6 Å². The highest BCUT2D eigenvalue weighted by molar-refractivity contribution is 5.21. The van der Waals surface area contributed by atoms with Crippen LogP contribution in [-0.2, 0) is 0 Å². The van der Waals surface area contributed by atoms with E-state index in [1.165, 1.54) is 12.8 Å². The molecule has 0 aliphatic heterocycles. The van der Waals surface area contributed by atoms with Gasteiger partial charge in [-0.25, -0.2) is 0 Å². The minimum absolute atomic E-state index is 0.0215. The first-order chi connectivity index (χ1) is 6.18. The Bertz CT molecular complexity index is 365. The van der Waals surface area contributed by atoms with Gasteiger partial charge >= 0.3 is 0 Å². The normalized spacial score (nSPS) is 18.6. The maximum atomic E-state index is 11.1. The van der Waals surface area contributed by atoms with E-state index in [4.69, 9.17) is 5.73 Å². The average molecular weight is 178 g/mol. The molecule has 0 bridgehead atoms. The van der Waals surface area contributed by atoms with E-state index in [9.17, 15) is 4.79 Å². The molecule has 0 amide bonds. The summed E-state index contributed by atoms with van der Waals surface area (Å²) < 4.78 is 0. The molecule has 1 aliphatic carbocycles. The molecule has 1 fully saturated rings. The van der Waals surface area contributed by atoms with Gasteiger partial charge in [-0.2, -0.15) is 0 Å². The first kappa shape index (κ1) is 8.51. The minimum atomic E-state index is -0.0215. The van der Waals surface area contributed by atoms with Crippen LogP contribution in [0.3, 0.4) is 0 Å². The molecule has 0 saturated heterocycles. The zero-order valence-corrected chi connectivity index (χ0v) is 7.71. The predicted molar refractivity (Wildman–Crippen MR) is 51.5 cm³/mol. The van der Waals surface area contributed by atoms with Gasteiger partial charge in [0, 0.05) is 17.8 Å². The highest BCUT2D eigenvalue weighted by Gasteiger charge is 2.29. The van der Waals surface area contributed by atoms with E-state index in [0.717, 1.165) is 11.1 Å². The van der Waals surface area contributed by atoms with E-state index < -0.39 is 0 Å². The number of hydrogen-bond acceptors (Lipinski definition) is 2. The molecular weight excluding hydrogens is 164 g/mol. The van der Waals surface area contributed by atoms with Crippen molar-refractivity contribution in [3.63, 3.8) is 0 Å². The zero-order chi connectivity index (χ0) is 9.42. The van der Waals surface area contributed by atoms with Gasteiger partial charge in [-0.3, -0.25) is 4.79 Å². The summed E-state index contributed by atoms with van der Waals surface area (Å²) in [6.07, 6.45) is 4.18. The number of aromatic nitrogens is 1. The molecule has 3 nitrogen and oxygen atoms in total. The lowest BCUT2D eigenvalue weighted by Gasteiger charge is -2.10. The quantitative estimate of drug-likeness (QED) is 0.712. The average Bonchev–Trinajstić information content (AvgIpc) is 2.91. The zero-order valence-electron chi connectivity index (χ0n) is 7.71. The van der Waals surface area contributed by atoms with Crippen molar-refractivity contribution in [2.75, 3.05) is 0 Å². The van der Waals surface area contributed by atoms with Crippen molar-refractivity contribution in [1.82, 2.24) is 4.98 Å². The SMILES string of the molecule is Cc1cc([C@H](N)C2CC2)c[nH]c1=O. The Morgan fingerprint density at radius 2 is 2.31 bits per heavy atom. The second-order valence-electron chi connectivity index (χ2n) is 3.81. The number of nitrogens with two attached hydrogens (primary N) is 1. The maximum Gasteiger partial charge on any atom is 0.250 e. The third-order valence-electron chi connectivity index (χ3n) is 2.63. The molecule has 1 aliphatic rings. The standard InChI is InChI=1S/C10H14N2O/c1-6-4-8(5-12-10(6)13)9(11)7-2-3-7/h4-5,7,9H,2-3,11H2,1H3,(H,12,13)/t9-/m1/s1. The Labute approximate surface area is 77.0 Å². The molecule has 0 aromatic carbocycles. The maximum absolute atomic E-state index is 11.1. The minimum Gasteiger partial charge on any atom is -0.329 e. The largest absolute Gasteiger partial charge is 0.329 e. The van der Waals surface area contributed by atoms with Crippen LogP contribution in [0.4, 0.5) is 0 Å². The third kappa shape index (κ3) is 1.65. The lowest BCUT2D eigenvalue weighted by molar-refractivity contribution is 0.629.